The van der Waals surface area contributed by atoms with Crippen LogP contribution in [-0.4, -0.2) is 16.5 Å². The lowest BCUT2D eigenvalue weighted by Gasteiger charge is -2.34. The first-order valence-corrected chi connectivity index (χ1v) is 6.70. The Kier molecular flexibility index (Phi) is 3.01. The number of fused-ring (bicyclic) bond motifs is 1. The molecule has 102 valence electrons. The lowest BCUT2D eigenvalue weighted by molar-refractivity contribution is 0.288. The van der Waals surface area contributed by atoms with Gasteiger partial charge in [0, 0.05) is 12.0 Å². The second-order valence-electron chi connectivity index (χ2n) is 5.39. The summed E-state index contributed by atoms with van der Waals surface area (Å²) in [6.07, 6.45) is 5.31. The number of halogens is 2. The van der Waals surface area contributed by atoms with Gasteiger partial charge in [0.25, 0.3) is 0 Å². The lowest BCUT2D eigenvalue weighted by atomic mass is 9.73. The van der Waals surface area contributed by atoms with Crippen LogP contribution in [0.4, 0.5) is 8.78 Å². The summed E-state index contributed by atoms with van der Waals surface area (Å²) in [5.41, 5.74) is 6.34. The van der Waals surface area contributed by atoms with Crippen LogP contribution in [-0.2, 0) is 5.41 Å². The van der Waals surface area contributed by atoms with Crippen molar-refractivity contribution in [1.82, 2.24) is 9.97 Å². The Morgan fingerprint density at radius 2 is 1.95 bits per heavy atom. The zero-order valence-electron chi connectivity index (χ0n) is 10.7. The van der Waals surface area contributed by atoms with Gasteiger partial charge in [0.2, 0.25) is 0 Å². The van der Waals surface area contributed by atoms with Crippen molar-refractivity contribution in [3.8, 4) is 0 Å². The van der Waals surface area contributed by atoms with E-state index in [2.05, 4.69) is 9.97 Å². The Morgan fingerprint density at radius 3 is 2.63 bits per heavy atom. The van der Waals surface area contributed by atoms with E-state index in [1.54, 1.807) is 0 Å². The third-order valence-corrected chi connectivity index (χ3v) is 4.25. The number of rotatable bonds is 2. The summed E-state index contributed by atoms with van der Waals surface area (Å²) in [5, 5.41) is 0. The number of benzene rings is 1. The van der Waals surface area contributed by atoms with E-state index in [0.29, 0.717) is 17.9 Å². The van der Waals surface area contributed by atoms with Gasteiger partial charge in [-0.15, -0.1) is 0 Å². The van der Waals surface area contributed by atoms with Crippen LogP contribution in [0.3, 0.4) is 0 Å². The van der Waals surface area contributed by atoms with E-state index in [4.69, 9.17) is 5.73 Å². The molecule has 1 aliphatic rings. The maximum absolute atomic E-state index is 13.7. The normalized spacial score (nSPS) is 18.9. The Morgan fingerprint density at radius 1 is 1.21 bits per heavy atom. The molecule has 1 aromatic carbocycles. The van der Waals surface area contributed by atoms with Gasteiger partial charge in [-0.3, -0.25) is 0 Å². The van der Waals surface area contributed by atoms with Gasteiger partial charge in [-0.25, -0.2) is 13.8 Å². The number of nitrogens with one attached hydrogen (secondary N) is 1. The lowest BCUT2D eigenvalue weighted by Crippen LogP contribution is -2.38. The molecule has 3 nitrogen and oxygen atoms in total. The molecule has 0 aliphatic heterocycles. The van der Waals surface area contributed by atoms with Crippen LogP contribution >= 0.6 is 0 Å². The van der Waals surface area contributed by atoms with E-state index in [-0.39, 0.29) is 10.9 Å². The maximum atomic E-state index is 13.7. The predicted molar refractivity (Wildman–Crippen MR) is 69.8 cm³/mol. The first-order valence-electron chi connectivity index (χ1n) is 6.70. The van der Waals surface area contributed by atoms with Crippen molar-refractivity contribution in [3.05, 3.63) is 29.6 Å². The summed E-state index contributed by atoms with van der Waals surface area (Å²) in [6.45, 7) is 0.483. The fourth-order valence-corrected chi connectivity index (χ4v) is 3.03. The zero-order chi connectivity index (χ0) is 13.5. The molecular weight excluding hydrogens is 248 g/mol. The molecule has 19 heavy (non-hydrogen) atoms. The molecule has 0 amide bonds. The van der Waals surface area contributed by atoms with Crippen molar-refractivity contribution in [1.29, 1.82) is 0 Å². The average Bonchev–Trinajstić information content (AvgIpc) is 2.89. The molecule has 0 unspecified atom stereocenters. The van der Waals surface area contributed by atoms with Gasteiger partial charge in [-0.05, 0) is 25.0 Å². The molecule has 5 heteroatoms. The zero-order valence-corrected chi connectivity index (χ0v) is 10.7. The van der Waals surface area contributed by atoms with Crippen molar-refractivity contribution in [3.63, 3.8) is 0 Å². The molecule has 1 heterocycles. The average molecular weight is 265 g/mol. The Hall–Kier alpha value is -1.49. The van der Waals surface area contributed by atoms with Gasteiger partial charge in [-0.2, -0.15) is 0 Å². The largest absolute Gasteiger partial charge is 0.341 e. The SMILES string of the molecule is NCC1(c2nc3c(F)c(F)ccc3[nH]2)CCCCC1. The monoisotopic (exact) mass is 265 g/mol. The highest BCUT2D eigenvalue weighted by Crippen LogP contribution is 2.38. The summed E-state index contributed by atoms with van der Waals surface area (Å²) in [4.78, 5) is 7.42. The molecule has 2 aromatic rings. The van der Waals surface area contributed by atoms with Crippen LogP contribution in [0.2, 0.25) is 0 Å². The van der Waals surface area contributed by atoms with Gasteiger partial charge >= 0.3 is 0 Å². The van der Waals surface area contributed by atoms with Crippen LogP contribution in [0, 0.1) is 11.6 Å². The molecule has 0 radical (unpaired) electrons. The number of nitrogens with two attached hydrogens (primary N) is 1. The van der Waals surface area contributed by atoms with E-state index < -0.39 is 11.6 Å². The number of H-pyrrole nitrogens is 1. The summed E-state index contributed by atoms with van der Waals surface area (Å²) >= 11 is 0. The molecule has 0 spiro atoms. The second kappa shape index (κ2) is 4.56. The number of hydrogen-bond acceptors (Lipinski definition) is 2. The van der Waals surface area contributed by atoms with Gasteiger partial charge in [0.15, 0.2) is 11.6 Å². The topological polar surface area (TPSA) is 54.7 Å². The van der Waals surface area contributed by atoms with Gasteiger partial charge in [0.05, 0.1) is 5.52 Å². The van der Waals surface area contributed by atoms with Crippen LogP contribution < -0.4 is 5.73 Å². The van der Waals surface area contributed by atoms with Gasteiger partial charge in [-0.1, -0.05) is 19.3 Å². The van der Waals surface area contributed by atoms with E-state index in [1.165, 1.54) is 12.5 Å². The minimum absolute atomic E-state index is 0.0772. The quantitative estimate of drug-likeness (QED) is 0.877. The van der Waals surface area contributed by atoms with Crippen LogP contribution in [0.1, 0.15) is 37.9 Å². The second-order valence-corrected chi connectivity index (χ2v) is 5.39. The molecule has 1 fully saturated rings. The van der Waals surface area contributed by atoms with Crippen LogP contribution in [0.15, 0.2) is 12.1 Å². The first kappa shape index (κ1) is 12.5. The third-order valence-electron chi connectivity index (χ3n) is 4.25. The van der Waals surface area contributed by atoms with Crippen molar-refractivity contribution in [2.75, 3.05) is 6.54 Å². The molecule has 1 aromatic heterocycles. The smallest absolute Gasteiger partial charge is 0.186 e. The highest BCUT2D eigenvalue weighted by atomic mass is 19.2. The summed E-state index contributed by atoms with van der Waals surface area (Å²) < 4.78 is 26.9. The number of aromatic amines is 1. The predicted octanol–water partition coefficient (Wildman–Crippen LogP) is 3.00. The molecule has 3 rings (SSSR count). The third kappa shape index (κ3) is 1.92. The Bertz CT molecular complexity index is 600. The standard InChI is InChI=1S/C14H17F2N3/c15-9-4-5-10-12(11(9)16)19-13(18-10)14(8-17)6-2-1-3-7-14/h4-5H,1-3,6-8,17H2,(H,18,19). The minimum Gasteiger partial charge on any atom is -0.341 e. The highest BCUT2D eigenvalue weighted by molar-refractivity contribution is 5.76. The van der Waals surface area contributed by atoms with E-state index in [9.17, 15) is 8.78 Å². The highest BCUT2D eigenvalue weighted by Gasteiger charge is 2.35. The maximum Gasteiger partial charge on any atom is 0.186 e. The van der Waals surface area contributed by atoms with Crippen molar-refractivity contribution >= 4 is 11.0 Å². The molecule has 0 saturated heterocycles. The van der Waals surface area contributed by atoms with Crippen LogP contribution in [0.25, 0.3) is 11.0 Å². The molecular formula is C14H17F2N3. The summed E-state index contributed by atoms with van der Waals surface area (Å²) in [7, 11) is 0. The number of hydrogen-bond donors (Lipinski definition) is 2. The van der Waals surface area contributed by atoms with E-state index in [1.807, 2.05) is 0 Å². The summed E-state index contributed by atoms with van der Waals surface area (Å²) in [5.74, 6) is -1.05. The molecule has 3 N–H and O–H groups in total. The number of nitrogens with zero attached hydrogens (tertiary/aromatic N) is 1. The Labute approximate surface area is 110 Å². The molecule has 0 bridgehead atoms. The van der Waals surface area contributed by atoms with E-state index in [0.717, 1.165) is 31.7 Å². The van der Waals surface area contributed by atoms with Crippen LogP contribution in [0.5, 0.6) is 0 Å². The first-order chi connectivity index (χ1) is 9.16. The fourth-order valence-electron chi connectivity index (χ4n) is 3.03. The molecule has 0 atom stereocenters. The number of imidazole rings is 1. The van der Waals surface area contributed by atoms with E-state index >= 15 is 0 Å². The van der Waals surface area contributed by atoms with Gasteiger partial charge < -0.3 is 10.7 Å². The van der Waals surface area contributed by atoms with Gasteiger partial charge in [0.1, 0.15) is 11.3 Å². The minimum atomic E-state index is -0.886. The van der Waals surface area contributed by atoms with Crippen molar-refractivity contribution in [2.24, 2.45) is 5.73 Å². The molecule has 1 aliphatic carbocycles. The fraction of sp³-hybridized carbons (Fsp3) is 0.500. The molecule has 1 saturated carbocycles. The number of aromatic nitrogens is 2. The summed E-state index contributed by atoms with van der Waals surface area (Å²) in [6, 6.07) is 2.65. The van der Waals surface area contributed by atoms with Crippen molar-refractivity contribution in [2.45, 2.75) is 37.5 Å². The van der Waals surface area contributed by atoms with Crippen molar-refractivity contribution < 1.29 is 8.78 Å². The Balaban J connectivity index is 2.12.